The molecule has 1 heterocycles. The minimum Gasteiger partial charge on any atom is -0.444 e. The fourth-order valence-corrected chi connectivity index (χ4v) is 2.64. The summed E-state index contributed by atoms with van der Waals surface area (Å²) >= 11 is 0. The summed E-state index contributed by atoms with van der Waals surface area (Å²) in [5, 5.41) is 0. The number of rotatable bonds is 3. The minimum atomic E-state index is -4.84. The molecule has 0 spiro atoms. The van der Waals surface area contributed by atoms with E-state index >= 15 is 0 Å². The lowest BCUT2D eigenvalue weighted by Crippen LogP contribution is -2.43. The molecule has 2 rings (SSSR count). The summed E-state index contributed by atoms with van der Waals surface area (Å²) < 4.78 is 46.8. The molecule has 0 radical (unpaired) electrons. The molecule has 0 saturated carbocycles. The third-order valence-corrected chi connectivity index (χ3v) is 3.55. The van der Waals surface area contributed by atoms with Gasteiger partial charge in [-0.05, 0) is 20.8 Å². The Morgan fingerprint density at radius 3 is 2.24 bits per heavy atom. The zero-order valence-corrected chi connectivity index (χ0v) is 14.2. The van der Waals surface area contributed by atoms with Crippen LogP contribution in [-0.4, -0.2) is 47.4 Å². The summed E-state index contributed by atoms with van der Waals surface area (Å²) in [4.78, 5) is 26.0. The molecule has 1 fully saturated rings. The van der Waals surface area contributed by atoms with E-state index in [0.29, 0.717) is 5.56 Å². The highest BCUT2D eigenvalue weighted by molar-refractivity contribution is 6.01. The second kappa shape index (κ2) is 7.03. The van der Waals surface area contributed by atoms with Crippen LogP contribution in [-0.2, 0) is 9.47 Å². The number of alkyl halides is 3. The average Bonchev–Trinajstić information content (AvgIpc) is 2.87. The van der Waals surface area contributed by atoms with Crippen LogP contribution >= 0.6 is 0 Å². The molecule has 2 atom stereocenters. The lowest BCUT2D eigenvalue weighted by Gasteiger charge is -2.27. The number of benzene rings is 1. The molecule has 0 aromatic heterocycles. The van der Waals surface area contributed by atoms with Crippen LogP contribution in [0.3, 0.4) is 0 Å². The Morgan fingerprint density at radius 1 is 1.12 bits per heavy atom. The Bertz CT molecular complexity index is 625. The molecule has 1 aliphatic heterocycles. The molecular formula is C17H20F3NO4. The van der Waals surface area contributed by atoms with E-state index in [0.717, 1.165) is 4.90 Å². The van der Waals surface area contributed by atoms with Gasteiger partial charge in [0.05, 0.1) is 12.6 Å². The molecule has 8 heteroatoms. The number of ketones is 1. The summed E-state index contributed by atoms with van der Waals surface area (Å²) in [5.74, 6) is -0.445. The van der Waals surface area contributed by atoms with E-state index in [4.69, 9.17) is 4.74 Å². The van der Waals surface area contributed by atoms with Crippen LogP contribution in [0, 0.1) is 0 Å². The predicted molar refractivity (Wildman–Crippen MR) is 83.0 cm³/mol. The number of halogens is 3. The van der Waals surface area contributed by atoms with Crippen molar-refractivity contribution in [3.63, 3.8) is 0 Å². The highest BCUT2D eigenvalue weighted by atomic mass is 19.4. The summed E-state index contributed by atoms with van der Waals surface area (Å²) in [6, 6.07) is 7.03. The Labute approximate surface area is 143 Å². The Hall–Kier alpha value is -2.09. The van der Waals surface area contributed by atoms with Gasteiger partial charge in [-0.3, -0.25) is 14.4 Å². The van der Waals surface area contributed by atoms with Gasteiger partial charge in [0, 0.05) is 12.0 Å². The van der Waals surface area contributed by atoms with Gasteiger partial charge in [0.25, 0.3) is 0 Å². The normalized spacial score (nSPS) is 21.3. The van der Waals surface area contributed by atoms with Crippen LogP contribution in [0.5, 0.6) is 0 Å². The summed E-state index contributed by atoms with van der Waals surface area (Å²) in [7, 11) is 0. The molecule has 138 valence electrons. The molecule has 1 saturated heterocycles. The number of hydrogen-bond donors (Lipinski definition) is 0. The van der Waals surface area contributed by atoms with Gasteiger partial charge in [0.15, 0.2) is 5.78 Å². The van der Waals surface area contributed by atoms with Gasteiger partial charge in [-0.15, -0.1) is 13.2 Å². The molecule has 1 aromatic carbocycles. The fourth-order valence-electron chi connectivity index (χ4n) is 2.64. The van der Waals surface area contributed by atoms with E-state index in [-0.39, 0.29) is 13.0 Å². The third kappa shape index (κ3) is 5.45. The second-order valence-electron chi connectivity index (χ2n) is 6.80. The number of likely N-dealkylation sites (tertiary alicyclic amines) is 1. The zero-order chi connectivity index (χ0) is 18.8. The highest BCUT2D eigenvalue weighted by Crippen LogP contribution is 2.30. The maximum Gasteiger partial charge on any atom is 0.522 e. The van der Waals surface area contributed by atoms with Gasteiger partial charge in [0.1, 0.15) is 11.6 Å². The quantitative estimate of drug-likeness (QED) is 0.771. The molecule has 5 nitrogen and oxygen atoms in total. The Morgan fingerprint density at radius 2 is 1.72 bits per heavy atom. The van der Waals surface area contributed by atoms with Crippen LogP contribution in [0.4, 0.5) is 18.0 Å². The van der Waals surface area contributed by atoms with E-state index in [9.17, 15) is 22.8 Å². The Balaban J connectivity index is 2.22. The van der Waals surface area contributed by atoms with Gasteiger partial charge in [0.2, 0.25) is 0 Å². The second-order valence-corrected chi connectivity index (χ2v) is 6.80. The summed E-state index contributed by atoms with van der Waals surface area (Å²) in [5.41, 5.74) is -0.519. The molecular weight excluding hydrogens is 339 g/mol. The standard InChI is InChI=1S/C17H20F3NO4/c1-16(2,3)25-15(23)21-10-12(24-17(18,19)20)9-13(21)14(22)11-7-5-4-6-8-11/h4-8,12-13H,9-10H2,1-3H3/t12-,13-/m0/s1. The van der Waals surface area contributed by atoms with Gasteiger partial charge in [-0.25, -0.2) is 4.79 Å². The molecule has 0 bridgehead atoms. The van der Waals surface area contributed by atoms with Crippen molar-refractivity contribution in [3.05, 3.63) is 35.9 Å². The minimum absolute atomic E-state index is 0.244. The lowest BCUT2D eigenvalue weighted by molar-refractivity contribution is -0.340. The Kier molecular flexibility index (Phi) is 5.41. The third-order valence-electron chi connectivity index (χ3n) is 3.55. The average molecular weight is 359 g/mol. The van der Waals surface area contributed by atoms with Crippen LogP contribution in [0.25, 0.3) is 0 Å². The highest BCUT2D eigenvalue weighted by Gasteiger charge is 2.46. The first-order chi connectivity index (χ1) is 11.5. The van der Waals surface area contributed by atoms with E-state index in [2.05, 4.69) is 4.74 Å². The molecule has 1 aromatic rings. The zero-order valence-electron chi connectivity index (χ0n) is 14.2. The number of carbonyl (C=O) groups is 2. The number of ether oxygens (including phenoxy) is 2. The van der Waals surface area contributed by atoms with Crippen LogP contribution in [0.2, 0.25) is 0 Å². The molecule has 0 unspecified atom stereocenters. The fraction of sp³-hybridized carbons (Fsp3) is 0.529. The molecule has 0 aliphatic carbocycles. The number of carbonyl (C=O) groups excluding carboxylic acids is 2. The SMILES string of the molecule is CC(C)(C)OC(=O)N1C[C@@H](OC(F)(F)F)C[C@H]1C(=O)c1ccccc1. The van der Waals surface area contributed by atoms with Crippen molar-refractivity contribution in [2.24, 2.45) is 0 Å². The first-order valence-electron chi connectivity index (χ1n) is 7.80. The molecule has 25 heavy (non-hydrogen) atoms. The predicted octanol–water partition coefficient (Wildman–Crippen LogP) is 3.78. The number of hydrogen-bond acceptors (Lipinski definition) is 4. The van der Waals surface area contributed by atoms with Gasteiger partial charge in [-0.2, -0.15) is 0 Å². The van der Waals surface area contributed by atoms with Crippen molar-refractivity contribution in [1.29, 1.82) is 0 Å². The molecule has 1 aliphatic rings. The van der Waals surface area contributed by atoms with Crippen molar-refractivity contribution in [2.75, 3.05) is 6.54 Å². The van der Waals surface area contributed by atoms with E-state index in [1.54, 1.807) is 51.1 Å². The number of amides is 1. The van der Waals surface area contributed by atoms with Crippen molar-refractivity contribution in [2.45, 2.75) is 51.3 Å². The summed E-state index contributed by atoms with van der Waals surface area (Å²) in [6.45, 7) is 4.55. The summed E-state index contributed by atoms with van der Waals surface area (Å²) in [6.07, 6.45) is -7.23. The monoisotopic (exact) mass is 359 g/mol. The van der Waals surface area contributed by atoms with Crippen molar-refractivity contribution in [1.82, 2.24) is 4.90 Å². The van der Waals surface area contributed by atoms with E-state index < -0.39 is 36.0 Å². The van der Waals surface area contributed by atoms with Crippen LogP contribution in [0.15, 0.2) is 30.3 Å². The van der Waals surface area contributed by atoms with Crippen molar-refractivity contribution < 1.29 is 32.2 Å². The van der Waals surface area contributed by atoms with E-state index in [1.807, 2.05) is 0 Å². The lowest BCUT2D eigenvalue weighted by atomic mass is 10.0. The molecule has 0 N–H and O–H groups in total. The number of nitrogens with zero attached hydrogens (tertiary/aromatic N) is 1. The van der Waals surface area contributed by atoms with Crippen LogP contribution < -0.4 is 0 Å². The van der Waals surface area contributed by atoms with E-state index in [1.165, 1.54) is 0 Å². The first-order valence-corrected chi connectivity index (χ1v) is 7.80. The maximum atomic E-state index is 12.7. The topological polar surface area (TPSA) is 55.8 Å². The maximum absolute atomic E-state index is 12.7. The first kappa shape index (κ1) is 19.2. The largest absolute Gasteiger partial charge is 0.522 e. The van der Waals surface area contributed by atoms with Crippen LogP contribution in [0.1, 0.15) is 37.6 Å². The number of Topliss-reactive ketones (excluding diaryl/α,β-unsaturated/α-hetero) is 1. The smallest absolute Gasteiger partial charge is 0.444 e. The van der Waals surface area contributed by atoms with Crippen molar-refractivity contribution in [3.8, 4) is 0 Å². The van der Waals surface area contributed by atoms with Gasteiger partial charge >= 0.3 is 12.5 Å². The van der Waals surface area contributed by atoms with Gasteiger partial charge < -0.3 is 4.74 Å². The van der Waals surface area contributed by atoms with Crippen molar-refractivity contribution >= 4 is 11.9 Å². The van der Waals surface area contributed by atoms with Gasteiger partial charge in [-0.1, -0.05) is 30.3 Å². The molecule has 1 amide bonds.